The maximum absolute atomic E-state index is 11.3. The Kier molecular flexibility index (Phi) is 4.45. The monoisotopic (exact) mass is 239 g/mol. The van der Waals surface area contributed by atoms with Gasteiger partial charge < -0.3 is 14.8 Å². The zero-order chi connectivity index (χ0) is 13.0. The van der Waals surface area contributed by atoms with Gasteiger partial charge in [0.05, 0.1) is 12.3 Å². The fourth-order valence-corrected chi connectivity index (χ4v) is 1.88. The fourth-order valence-electron chi connectivity index (χ4n) is 1.88. The van der Waals surface area contributed by atoms with Gasteiger partial charge in [0.1, 0.15) is 6.04 Å². The third kappa shape index (κ3) is 2.94. The summed E-state index contributed by atoms with van der Waals surface area (Å²) in [6, 6.07) is 2.28. The Balaban J connectivity index is 3.20. The van der Waals surface area contributed by atoms with E-state index in [1.807, 2.05) is 13.8 Å². The average Bonchev–Trinajstić information content (AvgIpc) is 2.67. The van der Waals surface area contributed by atoms with E-state index < -0.39 is 12.0 Å². The van der Waals surface area contributed by atoms with Crippen molar-refractivity contribution < 1.29 is 19.8 Å². The van der Waals surface area contributed by atoms with Crippen LogP contribution in [0, 0.1) is 5.92 Å². The molecule has 94 valence electrons. The number of hydrogen-bond acceptors (Lipinski definition) is 3. The van der Waals surface area contributed by atoms with E-state index >= 15 is 0 Å². The molecule has 1 unspecified atom stereocenters. The normalized spacial score (nSPS) is 12.7. The second-order valence-electron chi connectivity index (χ2n) is 4.38. The van der Waals surface area contributed by atoms with Crippen molar-refractivity contribution in [3.05, 3.63) is 23.5 Å². The molecule has 1 aromatic rings. The molecule has 0 amide bonds. The fraction of sp³-hybridized carbons (Fsp3) is 0.500. The molecule has 0 fully saturated rings. The van der Waals surface area contributed by atoms with Gasteiger partial charge in [0.25, 0.3) is 0 Å². The van der Waals surface area contributed by atoms with E-state index in [-0.39, 0.29) is 18.2 Å². The summed E-state index contributed by atoms with van der Waals surface area (Å²) in [5, 5.41) is 18.4. The van der Waals surface area contributed by atoms with Crippen molar-refractivity contribution in [1.82, 2.24) is 4.57 Å². The molecule has 0 spiro atoms. The third-order valence-electron chi connectivity index (χ3n) is 2.61. The van der Waals surface area contributed by atoms with Crippen molar-refractivity contribution in [1.29, 1.82) is 0 Å². The maximum Gasteiger partial charge on any atom is 0.326 e. The van der Waals surface area contributed by atoms with Gasteiger partial charge in [-0.1, -0.05) is 13.8 Å². The Morgan fingerprint density at radius 3 is 2.53 bits per heavy atom. The molecule has 0 aromatic carbocycles. The summed E-state index contributed by atoms with van der Waals surface area (Å²) in [6.07, 6.45) is 1.02. The quantitative estimate of drug-likeness (QED) is 0.737. The Morgan fingerprint density at radius 1 is 1.47 bits per heavy atom. The first-order valence-electron chi connectivity index (χ1n) is 5.50. The van der Waals surface area contributed by atoms with Crippen LogP contribution in [0.3, 0.4) is 0 Å². The Bertz CT molecular complexity index is 409. The molecule has 0 saturated carbocycles. The lowest BCUT2D eigenvalue weighted by atomic mass is 10.0. The van der Waals surface area contributed by atoms with E-state index in [1.54, 1.807) is 6.07 Å². The van der Waals surface area contributed by atoms with E-state index in [2.05, 4.69) is 0 Å². The van der Waals surface area contributed by atoms with Crippen LogP contribution in [0.1, 0.15) is 42.5 Å². The molecule has 1 atom stereocenters. The summed E-state index contributed by atoms with van der Waals surface area (Å²) in [7, 11) is 0. The van der Waals surface area contributed by atoms with Crippen LogP contribution in [0.15, 0.2) is 12.1 Å². The number of nitrogens with zero attached hydrogens (tertiary/aromatic N) is 1. The molecule has 17 heavy (non-hydrogen) atoms. The van der Waals surface area contributed by atoms with Crippen molar-refractivity contribution in [3.8, 4) is 0 Å². The minimum absolute atomic E-state index is 0.185. The summed E-state index contributed by atoms with van der Waals surface area (Å²) in [6.45, 7) is 3.55. The van der Waals surface area contributed by atoms with Crippen LogP contribution in [0.2, 0.25) is 0 Å². The lowest BCUT2D eigenvalue weighted by Gasteiger charge is -2.20. The van der Waals surface area contributed by atoms with Crippen molar-refractivity contribution >= 4 is 12.3 Å². The molecular weight excluding hydrogens is 222 g/mol. The highest BCUT2D eigenvalue weighted by Gasteiger charge is 2.24. The number of carboxylic acids is 1. The van der Waals surface area contributed by atoms with E-state index in [0.717, 1.165) is 0 Å². The van der Waals surface area contributed by atoms with Crippen LogP contribution in [0.25, 0.3) is 0 Å². The number of carbonyl (C=O) groups is 2. The summed E-state index contributed by atoms with van der Waals surface area (Å²) < 4.78 is 1.40. The zero-order valence-electron chi connectivity index (χ0n) is 9.96. The molecule has 0 aliphatic carbocycles. The average molecular weight is 239 g/mol. The van der Waals surface area contributed by atoms with Crippen molar-refractivity contribution in [2.45, 2.75) is 32.9 Å². The summed E-state index contributed by atoms with van der Waals surface area (Å²) in [5.41, 5.74) is 0.724. The number of carboxylic acid groups (broad SMARTS) is 1. The number of hydrogen-bond donors (Lipinski definition) is 2. The lowest BCUT2D eigenvalue weighted by Crippen LogP contribution is -2.24. The largest absolute Gasteiger partial charge is 0.480 e. The molecule has 0 bridgehead atoms. The van der Waals surface area contributed by atoms with Crippen LogP contribution in [0.4, 0.5) is 0 Å². The van der Waals surface area contributed by atoms with Gasteiger partial charge in [0.15, 0.2) is 6.29 Å². The van der Waals surface area contributed by atoms with Gasteiger partial charge >= 0.3 is 5.97 Å². The second kappa shape index (κ2) is 5.63. The molecule has 0 aliphatic rings. The molecule has 2 N–H and O–H groups in total. The lowest BCUT2D eigenvalue weighted by molar-refractivity contribution is -0.141. The third-order valence-corrected chi connectivity index (χ3v) is 2.61. The van der Waals surface area contributed by atoms with Crippen LogP contribution in [-0.4, -0.2) is 27.0 Å². The van der Waals surface area contributed by atoms with Crippen LogP contribution >= 0.6 is 0 Å². The van der Waals surface area contributed by atoms with E-state index in [9.17, 15) is 14.7 Å². The first kappa shape index (κ1) is 13.4. The summed E-state index contributed by atoms with van der Waals surface area (Å²) >= 11 is 0. The van der Waals surface area contributed by atoms with Gasteiger partial charge in [0, 0.05) is 5.69 Å². The molecule has 0 radical (unpaired) electrons. The van der Waals surface area contributed by atoms with E-state index in [0.29, 0.717) is 18.4 Å². The Morgan fingerprint density at radius 2 is 2.12 bits per heavy atom. The Hall–Kier alpha value is -1.62. The minimum atomic E-state index is -0.993. The van der Waals surface area contributed by atoms with Crippen molar-refractivity contribution in [3.63, 3.8) is 0 Å². The summed E-state index contributed by atoms with van der Waals surface area (Å²) in [4.78, 5) is 22.1. The first-order chi connectivity index (χ1) is 8.01. The van der Waals surface area contributed by atoms with Gasteiger partial charge in [-0.25, -0.2) is 4.79 Å². The molecule has 1 aromatic heterocycles. The predicted molar refractivity (Wildman–Crippen MR) is 61.9 cm³/mol. The molecule has 1 rings (SSSR count). The zero-order valence-corrected chi connectivity index (χ0v) is 9.96. The number of aliphatic hydroxyl groups is 1. The topological polar surface area (TPSA) is 79.5 Å². The van der Waals surface area contributed by atoms with Crippen LogP contribution < -0.4 is 0 Å². The van der Waals surface area contributed by atoms with Crippen molar-refractivity contribution in [2.75, 3.05) is 0 Å². The number of carbonyl (C=O) groups excluding carboxylic acids is 1. The SMILES string of the molecule is CC(C)CC(C(=O)O)n1c(C=O)ccc1CO. The predicted octanol–water partition coefficient (Wildman–Crippen LogP) is 1.46. The van der Waals surface area contributed by atoms with Gasteiger partial charge in [-0.2, -0.15) is 0 Å². The first-order valence-corrected chi connectivity index (χ1v) is 5.50. The standard InChI is InChI=1S/C12H17NO4/c1-8(2)5-11(12(16)17)13-9(6-14)3-4-10(13)7-15/h3-4,6,8,11,15H,5,7H2,1-2H3,(H,16,17). The van der Waals surface area contributed by atoms with Gasteiger partial charge in [-0.15, -0.1) is 0 Å². The number of aromatic nitrogens is 1. The molecule has 0 saturated heterocycles. The second-order valence-corrected chi connectivity index (χ2v) is 4.38. The van der Waals surface area contributed by atoms with Gasteiger partial charge in [-0.05, 0) is 24.5 Å². The molecule has 1 heterocycles. The number of aliphatic carboxylic acids is 1. The van der Waals surface area contributed by atoms with E-state index in [4.69, 9.17) is 5.11 Å². The smallest absolute Gasteiger partial charge is 0.326 e. The van der Waals surface area contributed by atoms with Gasteiger partial charge in [0.2, 0.25) is 0 Å². The molecule has 5 nitrogen and oxygen atoms in total. The number of aliphatic hydroxyl groups excluding tert-OH is 1. The maximum atomic E-state index is 11.3. The molecular formula is C12H17NO4. The summed E-state index contributed by atoms with van der Waals surface area (Å²) in [5.74, 6) is -0.808. The molecule has 5 heteroatoms. The molecule has 0 aliphatic heterocycles. The van der Waals surface area contributed by atoms with E-state index in [1.165, 1.54) is 10.6 Å². The van der Waals surface area contributed by atoms with Gasteiger partial charge in [-0.3, -0.25) is 4.79 Å². The minimum Gasteiger partial charge on any atom is -0.480 e. The number of aldehydes is 1. The highest BCUT2D eigenvalue weighted by molar-refractivity contribution is 5.77. The highest BCUT2D eigenvalue weighted by Crippen LogP contribution is 2.23. The van der Waals surface area contributed by atoms with Crippen molar-refractivity contribution in [2.24, 2.45) is 5.92 Å². The Labute approximate surface area is 99.7 Å². The highest BCUT2D eigenvalue weighted by atomic mass is 16.4. The van der Waals surface area contributed by atoms with Crippen LogP contribution in [-0.2, 0) is 11.4 Å². The number of rotatable bonds is 6. The van der Waals surface area contributed by atoms with Crippen LogP contribution in [0.5, 0.6) is 0 Å².